The van der Waals surface area contributed by atoms with Crippen LogP contribution in [0.25, 0.3) is 0 Å². The molecule has 2 heterocycles. The van der Waals surface area contributed by atoms with E-state index in [9.17, 15) is 4.39 Å². The number of aromatic nitrogens is 1. The minimum absolute atomic E-state index is 0.211. The Labute approximate surface area is 110 Å². The lowest BCUT2D eigenvalue weighted by Crippen LogP contribution is -2.15. The third-order valence-electron chi connectivity index (χ3n) is 3.27. The van der Waals surface area contributed by atoms with Crippen molar-refractivity contribution in [2.75, 3.05) is 11.4 Å². The van der Waals surface area contributed by atoms with Crippen LogP contribution in [0, 0.1) is 5.82 Å². The van der Waals surface area contributed by atoms with Crippen molar-refractivity contribution in [3.63, 3.8) is 0 Å². The van der Waals surface area contributed by atoms with Gasteiger partial charge in [0.2, 0.25) is 0 Å². The Kier molecular flexibility index (Phi) is 2.92. The van der Waals surface area contributed by atoms with Gasteiger partial charge in [-0.25, -0.2) is 4.39 Å². The Bertz CT molecular complexity index is 586. The van der Waals surface area contributed by atoms with Crippen molar-refractivity contribution >= 4 is 23.0 Å². The standard InChI is InChI=1S/C14H12ClFN2/c15-8-11-3-5-17-9-14(11)18-6-4-10-1-2-12(16)7-13(10)18/h1-3,5,7,9H,4,6,8H2. The molecule has 0 bridgehead atoms. The molecule has 1 aromatic heterocycles. The van der Waals surface area contributed by atoms with Gasteiger partial charge in [-0.2, -0.15) is 0 Å². The molecule has 92 valence electrons. The van der Waals surface area contributed by atoms with Gasteiger partial charge in [0.05, 0.1) is 11.9 Å². The SMILES string of the molecule is Fc1ccc2c(c1)N(c1cnccc1CCl)CC2. The van der Waals surface area contributed by atoms with Gasteiger partial charge in [-0.3, -0.25) is 4.98 Å². The summed E-state index contributed by atoms with van der Waals surface area (Å²) in [6, 6.07) is 6.84. The number of nitrogens with zero attached hydrogens (tertiary/aromatic N) is 2. The number of hydrogen-bond donors (Lipinski definition) is 0. The largest absolute Gasteiger partial charge is 0.339 e. The van der Waals surface area contributed by atoms with Crippen molar-refractivity contribution in [2.45, 2.75) is 12.3 Å². The maximum Gasteiger partial charge on any atom is 0.125 e. The Morgan fingerprint density at radius 3 is 3.00 bits per heavy atom. The van der Waals surface area contributed by atoms with Gasteiger partial charge < -0.3 is 4.90 Å². The van der Waals surface area contributed by atoms with Gasteiger partial charge in [-0.15, -0.1) is 11.6 Å². The predicted molar refractivity (Wildman–Crippen MR) is 70.9 cm³/mol. The quantitative estimate of drug-likeness (QED) is 0.768. The lowest BCUT2D eigenvalue weighted by molar-refractivity contribution is 0.628. The second kappa shape index (κ2) is 4.58. The number of rotatable bonds is 2. The molecule has 18 heavy (non-hydrogen) atoms. The van der Waals surface area contributed by atoms with Crippen LogP contribution in [0.2, 0.25) is 0 Å². The van der Waals surface area contributed by atoms with Crippen molar-refractivity contribution in [3.05, 3.63) is 53.6 Å². The van der Waals surface area contributed by atoms with Gasteiger partial charge in [0.15, 0.2) is 0 Å². The Balaban J connectivity index is 2.08. The normalized spacial score (nSPS) is 13.8. The molecule has 2 nitrogen and oxygen atoms in total. The van der Waals surface area contributed by atoms with E-state index in [0.717, 1.165) is 29.9 Å². The average molecular weight is 263 g/mol. The topological polar surface area (TPSA) is 16.1 Å². The summed E-state index contributed by atoms with van der Waals surface area (Å²) in [6.45, 7) is 0.842. The highest BCUT2D eigenvalue weighted by Gasteiger charge is 2.22. The summed E-state index contributed by atoms with van der Waals surface area (Å²) in [5, 5.41) is 0. The number of hydrogen-bond acceptors (Lipinski definition) is 2. The predicted octanol–water partition coefficient (Wildman–Crippen LogP) is 3.65. The van der Waals surface area contributed by atoms with E-state index >= 15 is 0 Å². The summed E-state index contributed by atoms with van der Waals surface area (Å²) >= 11 is 5.94. The molecule has 0 N–H and O–H groups in total. The van der Waals surface area contributed by atoms with Gasteiger partial charge in [0.25, 0.3) is 0 Å². The van der Waals surface area contributed by atoms with Crippen LogP contribution in [0.3, 0.4) is 0 Å². The van der Waals surface area contributed by atoms with Crippen LogP contribution in [0.4, 0.5) is 15.8 Å². The molecular weight excluding hydrogens is 251 g/mol. The zero-order valence-electron chi connectivity index (χ0n) is 9.74. The van der Waals surface area contributed by atoms with Gasteiger partial charge in [0, 0.05) is 24.3 Å². The second-order valence-corrected chi connectivity index (χ2v) is 4.58. The van der Waals surface area contributed by atoms with E-state index in [4.69, 9.17) is 11.6 Å². The lowest BCUT2D eigenvalue weighted by atomic mass is 10.1. The maximum atomic E-state index is 13.4. The van der Waals surface area contributed by atoms with Crippen LogP contribution in [-0.2, 0) is 12.3 Å². The fourth-order valence-electron chi connectivity index (χ4n) is 2.37. The molecule has 0 amide bonds. The fourth-order valence-corrected chi connectivity index (χ4v) is 2.60. The molecule has 0 saturated carbocycles. The summed E-state index contributed by atoms with van der Waals surface area (Å²) in [5.74, 6) is 0.218. The maximum absolute atomic E-state index is 13.4. The van der Waals surface area contributed by atoms with Gasteiger partial charge >= 0.3 is 0 Å². The molecule has 0 atom stereocenters. The van der Waals surface area contributed by atoms with Crippen molar-refractivity contribution in [3.8, 4) is 0 Å². The number of alkyl halides is 1. The molecule has 3 rings (SSSR count). The Hall–Kier alpha value is -1.61. The number of fused-ring (bicyclic) bond motifs is 1. The lowest BCUT2D eigenvalue weighted by Gasteiger charge is -2.21. The number of benzene rings is 1. The summed E-state index contributed by atoms with van der Waals surface area (Å²) in [4.78, 5) is 6.23. The molecule has 1 aliphatic rings. The van der Waals surface area contributed by atoms with Crippen LogP contribution in [0.15, 0.2) is 36.7 Å². The first-order chi connectivity index (χ1) is 8.79. The van der Waals surface area contributed by atoms with Crippen molar-refractivity contribution in [1.29, 1.82) is 0 Å². The van der Waals surface area contributed by atoms with Crippen LogP contribution in [0.1, 0.15) is 11.1 Å². The first-order valence-corrected chi connectivity index (χ1v) is 6.38. The Morgan fingerprint density at radius 1 is 1.28 bits per heavy atom. The monoisotopic (exact) mass is 262 g/mol. The van der Waals surface area contributed by atoms with Crippen molar-refractivity contribution < 1.29 is 4.39 Å². The molecule has 1 aromatic carbocycles. The molecule has 0 radical (unpaired) electrons. The van der Waals surface area contributed by atoms with E-state index in [1.165, 1.54) is 11.6 Å². The van der Waals surface area contributed by atoms with E-state index in [-0.39, 0.29) is 5.82 Å². The summed E-state index contributed by atoms with van der Waals surface area (Å²) in [6.07, 6.45) is 4.44. The van der Waals surface area contributed by atoms with Crippen LogP contribution in [0.5, 0.6) is 0 Å². The third kappa shape index (κ3) is 1.85. The molecular formula is C14H12ClFN2. The Morgan fingerprint density at radius 2 is 2.17 bits per heavy atom. The summed E-state index contributed by atoms with van der Waals surface area (Å²) < 4.78 is 13.4. The van der Waals surface area contributed by atoms with Crippen LogP contribution >= 0.6 is 11.6 Å². The molecule has 0 saturated heterocycles. The van der Waals surface area contributed by atoms with Crippen molar-refractivity contribution in [1.82, 2.24) is 4.98 Å². The van der Waals surface area contributed by atoms with Crippen molar-refractivity contribution in [2.24, 2.45) is 0 Å². The highest BCUT2D eigenvalue weighted by molar-refractivity contribution is 6.17. The van der Waals surface area contributed by atoms with Gasteiger partial charge in [-0.05, 0) is 35.7 Å². The minimum Gasteiger partial charge on any atom is -0.339 e. The van der Waals surface area contributed by atoms with Gasteiger partial charge in [0.1, 0.15) is 5.82 Å². The van der Waals surface area contributed by atoms with Crippen LogP contribution < -0.4 is 4.90 Å². The van der Waals surface area contributed by atoms with E-state index in [0.29, 0.717) is 5.88 Å². The molecule has 0 aliphatic carbocycles. The minimum atomic E-state index is -0.211. The van der Waals surface area contributed by atoms with E-state index in [1.54, 1.807) is 18.5 Å². The number of anilines is 2. The first-order valence-electron chi connectivity index (χ1n) is 5.84. The second-order valence-electron chi connectivity index (χ2n) is 4.31. The zero-order chi connectivity index (χ0) is 12.5. The fraction of sp³-hybridized carbons (Fsp3) is 0.214. The zero-order valence-corrected chi connectivity index (χ0v) is 10.5. The van der Waals surface area contributed by atoms with Gasteiger partial charge in [-0.1, -0.05) is 6.07 Å². The van der Waals surface area contributed by atoms with E-state index in [1.807, 2.05) is 12.1 Å². The molecule has 1 aliphatic heterocycles. The van der Waals surface area contributed by atoms with E-state index < -0.39 is 0 Å². The molecule has 0 unspecified atom stereocenters. The molecule has 4 heteroatoms. The highest BCUT2D eigenvalue weighted by atomic mass is 35.5. The highest BCUT2D eigenvalue weighted by Crippen LogP contribution is 2.36. The summed E-state index contributed by atoms with van der Waals surface area (Å²) in [5.41, 5.74) is 4.08. The average Bonchev–Trinajstić information content (AvgIpc) is 2.81. The van der Waals surface area contributed by atoms with E-state index in [2.05, 4.69) is 9.88 Å². The number of pyridine rings is 1. The molecule has 2 aromatic rings. The third-order valence-corrected chi connectivity index (χ3v) is 3.55. The summed E-state index contributed by atoms with van der Waals surface area (Å²) in [7, 11) is 0. The smallest absolute Gasteiger partial charge is 0.125 e. The van der Waals surface area contributed by atoms with Crippen LogP contribution in [-0.4, -0.2) is 11.5 Å². The molecule has 0 spiro atoms. The first kappa shape index (κ1) is 11.5. The number of halogens is 2. The molecule has 0 fully saturated rings.